The maximum atomic E-state index is 13.0. The average molecular weight is 407 g/mol. The summed E-state index contributed by atoms with van der Waals surface area (Å²) in [6, 6.07) is 11.6. The van der Waals surface area contributed by atoms with Gasteiger partial charge in [0.2, 0.25) is 0 Å². The molecule has 5 nitrogen and oxygen atoms in total. The molecule has 1 atom stereocenters. The monoisotopic (exact) mass is 406 g/mol. The normalized spacial score (nSPS) is 17.6. The highest BCUT2D eigenvalue weighted by atomic mass is 35.5. The van der Waals surface area contributed by atoms with Crippen LogP contribution in [0.5, 0.6) is 5.75 Å². The summed E-state index contributed by atoms with van der Waals surface area (Å²) in [5.41, 5.74) is 1.53. The van der Waals surface area contributed by atoms with Crippen LogP contribution in [0.3, 0.4) is 0 Å². The molecule has 3 rings (SSSR count). The van der Waals surface area contributed by atoms with E-state index in [0.717, 1.165) is 25.2 Å². The minimum absolute atomic E-state index is 0.0435. The van der Waals surface area contributed by atoms with Crippen molar-refractivity contribution in [1.82, 2.24) is 9.80 Å². The van der Waals surface area contributed by atoms with Crippen LogP contribution in [-0.2, 0) is 17.9 Å². The fourth-order valence-electron chi connectivity index (χ4n) is 3.45. The first kappa shape index (κ1) is 20.6. The summed E-state index contributed by atoms with van der Waals surface area (Å²) < 4.78 is 18.7. The number of benzene rings is 2. The van der Waals surface area contributed by atoms with Gasteiger partial charge in [0.05, 0.1) is 6.61 Å². The number of aliphatic hydroxyl groups is 1. The number of carbonyl (C=O) groups excluding carboxylic acids is 1. The molecular formula is C21H24ClFN2O3. The highest BCUT2D eigenvalue weighted by Crippen LogP contribution is 2.26. The maximum Gasteiger partial charge on any atom is 0.260 e. The number of carbonyl (C=O) groups is 1. The topological polar surface area (TPSA) is 53.0 Å². The smallest absolute Gasteiger partial charge is 0.260 e. The summed E-state index contributed by atoms with van der Waals surface area (Å²) in [5.74, 6) is 0.0836. The van der Waals surface area contributed by atoms with Gasteiger partial charge in [-0.15, -0.1) is 0 Å². The van der Waals surface area contributed by atoms with Gasteiger partial charge < -0.3 is 14.7 Å². The Morgan fingerprint density at radius 1 is 1.25 bits per heavy atom. The van der Waals surface area contributed by atoms with Gasteiger partial charge in [0.25, 0.3) is 5.91 Å². The highest BCUT2D eigenvalue weighted by molar-refractivity contribution is 6.31. The molecule has 1 aliphatic rings. The van der Waals surface area contributed by atoms with Gasteiger partial charge in [-0.25, -0.2) is 4.39 Å². The molecule has 0 bridgehead atoms. The first-order valence-corrected chi connectivity index (χ1v) is 9.63. The lowest BCUT2D eigenvalue weighted by Gasteiger charge is -2.39. The van der Waals surface area contributed by atoms with Crippen molar-refractivity contribution in [1.29, 1.82) is 0 Å². The number of ether oxygens (including phenoxy) is 1. The largest absolute Gasteiger partial charge is 0.483 e. The first-order chi connectivity index (χ1) is 13.5. The lowest BCUT2D eigenvalue weighted by atomic mass is 10.1. The van der Waals surface area contributed by atoms with Crippen molar-refractivity contribution in [2.75, 3.05) is 26.2 Å². The van der Waals surface area contributed by atoms with Crippen LogP contribution in [0, 0.1) is 5.82 Å². The van der Waals surface area contributed by atoms with Crippen LogP contribution < -0.4 is 4.74 Å². The molecule has 28 heavy (non-hydrogen) atoms. The first-order valence-electron chi connectivity index (χ1n) is 9.25. The number of amides is 1. The second-order valence-corrected chi connectivity index (χ2v) is 7.37. The van der Waals surface area contributed by atoms with E-state index < -0.39 is 0 Å². The van der Waals surface area contributed by atoms with E-state index in [1.54, 1.807) is 30.3 Å². The fraction of sp³-hybridized carbons (Fsp3) is 0.381. The second kappa shape index (κ2) is 9.37. The molecule has 150 valence electrons. The zero-order valence-electron chi connectivity index (χ0n) is 15.8. The summed E-state index contributed by atoms with van der Waals surface area (Å²) in [6.07, 6.45) is 0. The van der Waals surface area contributed by atoms with Crippen LogP contribution in [0.4, 0.5) is 4.39 Å². The Bertz CT molecular complexity index is 816. The molecule has 1 heterocycles. The highest BCUT2D eigenvalue weighted by Gasteiger charge is 2.27. The molecule has 2 aromatic carbocycles. The van der Waals surface area contributed by atoms with E-state index in [-0.39, 0.29) is 31.0 Å². The van der Waals surface area contributed by atoms with E-state index >= 15 is 0 Å². The summed E-state index contributed by atoms with van der Waals surface area (Å²) in [7, 11) is 0. The van der Waals surface area contributed by atoms with Gasteiger partial charge in [0.1, 0.15) is 11.6 Å². The molecule has 1 aliphatic heterocycles. The van der Waals surface area contributed by atoms with Gasteiger partial charge in [-0.1, -0.05) is 29.8 Å². The molecule has 0 spiro atoms. The zero-order valence-corrected chi connectivity index (χ0v) is 16.5. The van der Waals surface area contributed by atoms with E-state index in [9.17, 15) is 14.3 Å². The van der Waals surface area contributed by atoms with Gasteiger partial charge in [0, 0.05) is 42.8 Å². The van der Waals surface area contributed by atoms with Crippen molar-refractivity contribution in [3.63, 3.8) is 0 Å². The van der Waals surface area contributed by atoms with Crippen molar-refractivity contribution in [2.45, 2.75) is 26.1 Å². The quantitative estimate of drug-likeness (QED) is 0.801. The van der Waals surface area contributed by atoms with Crippen LogP contribution in [0.1, 0.15) is 18.1 Å². The number of rotatable bonds is 6. The van der Waals surface area contributed by atoms with E-state index in [0.29, 0.717) is 22.9 Å². The van der Waals surface area contributed by atoms with Crippen molar-refractivity contribution in [2.24, 2.45) is 0 Å². The molecule has 2 aromatic rings. The number of hydrogen-bond acceptors (Lipinski definition) is 4. The minimum atomic E-state index is -0.248. The zero-order chi connectivity index (χ0) is 20.1. The molecule has 0 radical (unpaired) electrons. The maximum absolute atomic E-state index is 13.0. The molecule has 1 fully saturated rings. The number of hydrogen-bond donors (Lipinski definition) is 1. The lowest BCUT2D eigenvalue weighted by molar-refractivity contribution is -0.138. The molecule has 1 amide bonds. The van der Waals surface area contributed by atoms with Gasteiger partial charge in [0.15, 0.2) is 6.61 Å². The van der Waals surface area contributed by atoms with Gasteiger partial charge in [-0.05, 0) is 36.8 Å². The third-order valence-electron chi connectivity index (χ3n) is 4.94. The predicted octanol–water partition coefficient (Wildman–Crippen LogP) is 3.08. The predicted molar refractivity (Wildman–Crippen MR) is 106 cm³/mol. The summed E-state index contributed by atoms with van der Waals surface area (Å²) in [5, 5.41) is 9.85. The molecular weight excluding hydrogens is 383 g/mol. The molecule has 0 aromatic heterocycles. The lowest BCUT2D eigenvalue weighted by Crippen LogP contribution is -2.54. The number of nitrogens with zero attached hydrogens (tertiary/aromatic N) is 2. The Morgan fingerprint density at radius 3 is 2.68 bits per heavy atom. The van der Waals surface area contributed by atoms with E-state index in [1.807, 2.05) is 11.8 Å². The summed E-state index contributed by atoms with van der Waals surface area (Å²) in [4.78, 5) is 16.7. The minimum Gasteiger partial charge on any atom is -0.483 e. The Balaban J connectivity index is 1.53. The summed E-state index contributed by atoms with van der Waals surface area (Å²) >= 11 is 6.05. The van der Waals surface area contributed by atoms with Gasteiger partial charge in [-0.3, -0.25) is 9.69 Å². The Labute approximate surface area is 169 Å². The van der Waals surface area contributed by atoms with Crippen LogP contribution in [-0.4, -0.2) is 53.1 Å². The van der Waals surface area contributed by atoms with Crippen LogP contribution >= 0.6 is 11.6 Å². The van der Waals surface area contributed by atoms with E-state index in [4.69, 9.17) is 16.3 Å². The Kier molecular flexibility index (Phi) is 6.88. The van der Waals surface area contributed by atoms with Crippen LogP contribution in [0.15, 0.2) is 42.5 Å². The van der Waals surface area contributed by atoms with Gasteiger partial charge in [-0.2, -0.15) is 0 Å². The fourth-order valence-corrected chi connectivity index (χ4v) is 3.67. The third-order valence-corrected chi connectivity index (χ3v) is 5.29. The van der Waals surface area contributed by atoms with Crippen molar-refractivity contribution in [3.05, 3.63) is 64.4 Å². The molecule has 1 N–H and O–H groups in total. The van der Waals surface area contributed by atoms with Gasteiger partial charge >= 0.3 is 0 Å². The van der Waals surface area contributed by atoms with Crippen LogP contribution in [0.2, 0.25) is 5.02 Å². The number of halogens is 2. The Hall–Kier alpha value is -2.15. The molecule has 0 saturated carbocycles. The number of aliphatic hydroxyl groups excluding tert-OH is 1. The molecule has 0 aliphatic carbocycles. The van der Waals surface area contributed by atoms with Crippen molar-refractivity contribution in [3.8, 4) is 5.75 Å². The van der Waals surface area contributed by atoms with Crippen molar-refractivity contribution < 1.29 is 19.0 Å². The Morgan fingerprint density at radius 2 is 2.00 bits per heavy atom. The van der Waals surface area contributed by atoms with Crippen molar-refractivity contribution >= 4 is 17.5 Å². The number of piperazine rings is 1. The van der Waals surface area contributed by atoms with E-state index in [1.165, 1.54) is 12.1 Å². The molecule has 1 unspecified atom stereocenters. The molecule has 7 heteroatoms. The summed E-state index contributed by atoms with van der Waals surface area (Å²) in [6.45, 7) is 4.47. The van der Waals surface area contributed by atoms with E-state index in [2.05, 4.69) is 4.90 Å². The third kappa shape index (κ3) is 5.01. The second-order valence-electron chi connectivity index (χ2n) is 6.96. The SMILES string of the molecule is CC1CN(Cc2ccc(F)cc2)CCN1C(=O)COc1cccc(Cl)c1CO. The average Bonchev–Trinajstić information content (AvgIpc) is 2.68. The van der Waals surface area contributed by atoms with Crippen LogP contribution in [0.25, 0.3) is 0 Å². The molecule has 1 saturated heterocycles. The standard InChI is InChI=1S/C21H24ClFN2O3/c1-15-11-24(12-16-5-7-17(23)8-6-16)9-10-25(15)21(27)14-28-20-4-2-3-19(22)18(20)13-26/h2-8,15,26H,9-14H2,1H3.